The molecule has 0 spiro atoms. The molecule has 0 aliphatic carbocycles. The van der Waals surface area contributed by atoms with Crippen LogP contribution < -0.4 is 4.80 Å². The van der Waals surface area contributed by atoms with Crippen molar-refractivity contribution in [2.24, 2.45) is 4.99 Å². The van der Waals surface area contributed by atoms with Gasteiger partial charge in [-0.3, -0.25) is 4.79 Å². The SMILES string of the molecule is C#CCn1c(=NC(=O)c2cc3ccccc3o2)sc2ccccc21. The van der Waals surface area contributed by atoms with Crippen molar-refractivity contribution in [3.63, 3.8) is 0 Å². The van der Waals surface area contributed by atoms with Gasteiger partial charge in [0, 0.05) is 5.39 Å². The molecule has 2 aromatic carbocycles. The lowest BCUT2D eigenvalue weighted by molar-refractivity contribution is 0.0973. The van der Waals surface area contributed by atoms with Crippen molar-refractivity contribution in [2.45, 2.75) is 6.54 Å². The summed E-state index contributed by atoms with van der Waals surface area (Å²) in [6.45, 7) is 0.357. The van der Waals surface area contributed by atoms with Gasteiger partial charge in [-0.15, -0.1) is 6.42 Å². The summed E-state index contributed by atoms with van der Waals surface area (Å²) >= 11 is 1.43. The van der Waals surface area contributed by atoms with Crippen molar-refractivity contribution >= 4 is 38.4 Å². The molecule has 0 aliphatic heterocycles. The maximum atomic E-state index is 12.5. The van der Waals surface area contributed by atoms with E-state index in [1.165, 1.54) is 11.3 Å². The maximum absolute atomic E-state index is 12.5. The summed E-state index contributed by atoms with van der Waals surface area (Å²) in [4.78, 5) is 17.3. The number of hydrogen-bond acceptors (Lipinski definition) is 3. The first kappa shape index (κ1) is 14.5. The van der Waals surface area contributed by atoms with Gasteiger partial charge in [0.2, 0.25) is 0 Å². The monoisotopic (exact) mass is 332 g/mol. The molecule has 1 amide bonds. The van der Waals surface area contributed by atoms with Gasteiger partial charge < -0.3 is 8.98 Å². The normalized spacial score (nSPS) is 11.9. The van der Waals surface area contributed by atoms with Crippen molar-refractivity contribution in [3.05, 3.63) is 65.2 Å². The van der Waals surface area contributed by atoms with E-state index in [0.29, 0.717) is 16.9 Å². The van der Waals surface area contributed by atoms with Crippen LogP contribution in [0.3, 0.4) is 0 Å². The van der Waals surface area contributed by atoms with Gasteiger partial charge in [-0.05, 0) is 24.3 Å². The molecule has 0 aliphatic rings. The Kier molecular flexibility index (Phi) is 3.52. The molecule has 24 heavy (non-hydrogen) atoms. The van der Waals surface area contributed by atoms with Gasteiger partial charge in [0.15, 0.2) is 10.6 Å². The molecule has 2 heterocycles. The molecule has 0 bridgehead atoms. The van der Waals surface area contributed by atoms with Crippen molar-refractivity contribution < 1.29 is 9.21 Å². The highest BCUT2D eigenvalue weighted by Crippen LogP contribution is 2.20. The smallest absolute Gasteiger partial charge is 0.315 e. The first-order valence-electron chi connectivity index (χ1n) is 7.36. The molecule has 0 N–H and O–H groups in total. The standard InChI is InChI=1S/C19H12N2O2S/c1-2-11-21-14-8-4-6-10-17(14)24-19(21)20-18(22)16-12-13-7-3-5-9-15(13)23-16/h1,3-10,12H,11H2. The average molecular weight is 332 g/mol. The highest BCUT2D eigenvalue weighted by Gasteiger charge is 2.13. The number of terminal acetylenes is 1. The van der Waals surface area contributed by atoms with E-state index in [-0.39, 0.29) is 5.76 Å². The summed E-state index contributed by atoms with van der Waals surface area (Å²) in [6.07, 6.45) is 5.46. The highest BCUT2D eigenvalue weighted by atomic mass is 32.1. The Morgan fingerprint density at radius 1 is 1.21 bits per heavy atom. The van der Waals surface area contributed by atoms with Gasteiger partial charge in [-0.1, -0.05) is 47.6 Å². The average Bonchev–Trinajstić information content (AvgIpc) is 3.17. The van der Waals surface area contributed by atoms with E-state index in [2.05, 4.69) is 10.9 Å². The van der Waals surface area contributed by atoms with Crippen LogP contribution in [0.15, 0.2) is 64.0 Å². The van der Waals surface area contributed by atoms with E-state index in [1.807, 2.05) is 53.1 Å². The molecule has 4 aromatic rings. The Hall–Kier alpha value is -3.10. The summed E-state index contributed by atoms with van der Waals surface area (Å²) in [5, 5.41) is 0.879. The zero-order valence-electron chi connectivity index (χ0n) is 12.6. The fourth-order valence-electron chi connectivity index (χ4n) is 2.58. The van der Waals surface area contributed by atoms with E-state index in [9.17, 15) is 4.79 Å². The molecular formula is C19H12N2O2S. The van der Waals surface area contributed by atoms with Crippen LogP contribution in [0.5, 0.6) is 0 Å². The third-order valence-corrected chi connectivity index (χ3v) is 4.73. The third kappa shape index (κ3) is 2.43. The van der Waals surface area contributed by atoms with Crippen LogP contribution in [0.2, 0.25) is 0 Å². The Balaban J connectivity index is 1.85. The highest BCUT2D eigenvalue weighted by molar-refractivity contribution is 7.16. The molecule has 116 valence electrons. The number of carbonyl (C=O) groups is 1. The summed E-state index contributed by atoms with van der Waals surface area (Å²) in [6, 6.07) is 17.0. The van der Waals surface area contributed by atoms with Crippen molar-refractivity contribution in [1.29, 1.82) is 0 Å². The van der Waals surface area contributed by atoms with E-state index < -0.39 is 5.91 Å². The molecule has 0 fully saturated rings. The minimum absolute atomic E-state index is 0.223. The fraction of sp³-hybridized carbons (Fsp3) is 0.0526. The minimum Gasteiger partial charge on any atom is -0.451 e. The van der Waals surface area contributed by atoms with E-state index in [1.54, 1.807) is 6.07 Å². The van der Waals surface area contributed by atoms with Crippen LogP contribution in [-0.4, -0.2) is 10.5 Å². The van der Waals surface area contributed by atoms with Gasteiger partial charge in [-0.25, -0.2) is 0 Å². The molecule has 4 nitrogen and oxygen atoms in total. The second kappa shape index (κ2) is 5.84. The van der Waals surface area contributed by atoms with Crippen LogP contribution in [0.25, 0.3) is 21.2 Å². The lowest BCUT2D eigenvalue weighted by Crippen LogP contribution is -2.16. The third-order valence-electron chi connectivity index (χ3n) is 3.67. The molecule has 0 unspecified atom stereocenters. The predicted octanol–water partition coefficient (Wildman–Crippen LogP) is 3.82. The minimum atomic E-state index is -0.413. The fourth-order valence-corrected chi connectivity index (χ4v) is 3.61. The van der Waals surface area contributed by atoms with Crippen LogP contribution in [0.4, 0.5) is 0 Å². The Morgan fingerprint density at radius 3 is 2.83 bits per heavy atom. The Bertz CT molecular complexity index is 1140. The Labute approximate surface area is 141 Å². The number of furan rings is 1. The quantitative estimate of drug-likeness (QED) is 0.524. The number of thiazole rings is 1. The number of hydrogen-bond donors (Lipinski definition) is 0. The zero-order valence-corrected chi connectivity index (χ0v) is 13.4. The molecule has 4 rings (SSSR count). The molecule has 0 saturated heterocycles. The second-order valence-electron chi connectivity index (χ2n) is 5.21. The number of para-hydroxylation sites is 2. The van der Waals surface area contributed by atoms with Crippen LogP contribution in [-0.2, 0) is 6.54 Å². The zero-order chi connectivity index (χ0) is 16.5. The number of rotatable bonds is 2. The van der Waals surface area contributed by atoms with Gasteiger partial charge in [0.05, 0.1) is 16.8 Å². The molecule has 0 atom stereocenters. The topological polar surface area (TPSA) is 47.5 Å². The van der Waals surface area contributed by atoms with Gasteiger partial charge in [-0.2, -0.15) is 4.99 Å². The van der Waals surface area contributed by atoms with E-state index in [4.69, 9.17) is 10.8 Å². The van der Waals surface area contributed by atoms with Gasteiger partial charge >= 0.3 is 5.91 Å². The maximum Gasteiger partial charge on any atom is 0.315 e. The number of benzene rings is 2. The van der Waals surface area contributed by atoms with Crippen molar-refractivity contribution in [2.75, 3.05) is 0 Å². The van der Waals surface area contributed by atoms with Crippen LogP contribution in [0.1, 0.15) is 10.6 Å². The molecule has 0 saturated carbocycles. The van der Waals surface area contributed by atoms with Gasteiger partial charge in [0.1, 0.15) is 5.58 Å². The van der Waals surface area contributed by atoms with Crippen molar-refractivity contribution in [3.8, 4) is 12.3 Å². The number of nitrogens with zero attached hydrogens (tertiary/aromatic N) is 2. The lowest BCUT2D eigenvalue weighted by Gasteiger charge is -1.98. The molecular weight excluding hydrogens is 320 g/mol. The summed E-state index contributed by atoms with van der Waals surface area (Å²) < 4.78 is 8.48. The Morgan fingerprint density at radius 2 is 2.00 bits per heavy atom. The molecule has 0 radical (unpaired) electrons. The summed E-state index contributed by atoms with van der Waals surface area (Å²) in [5.74, 6) is 2.42. The number of carbonyl (C=O) groups excluding carboxylic acids is 1. The second-order valence-corrected chi connectivity index (χ2v) is 6.22. The number of amides is 1. The number of fused-ring (bicyclic) bond motifs is 2. The van der Waals surface area contributed by atoms with Crippen LogP contribution >= 0.6 is 11.3 Å². The molecule has 5 heteroatoms. The first-order chi connectivity index (χ1) is 11.8. The van der Waals surface area contributed by atoms with Crippen molar-refractivity contribution in [1.82, 2.24) is 4.57 Å². The lowest BCUT2D eigenvalue weighted by atomic mass is 10.2. The molecule has 2 aromatic heterocycles. The van der Waals surface area contributed by atoms with Crippen LogP contribution in [0, 0.1) is 12.3 Å². The predicted molar refractivity (Wildman–Crippen MR) is 94.8 cm³/mol. The van der Waals surface area contributed by atoms with Gasteiger partial charge in [0.25, 0.3) is 0 Å². The summed E-state index contributed by atoms with van der Waals surface area (Å²) in [7, 11) is 0. The number of aromatic nitrogens is 1. The van der Waals surface area contributed by atoms with E-state index in [0.717, 1.165) is 15.6 Å². The summed E-state index contributed by atoms with van der Waals surface area (Å²) in [5.41, 5.74) is 1.64. The first-order valence-corrected chi connectivity index (χ1v) is 8.17. The van der Waals surface area contributed by atoms with E-state index >= 15 is 0 Å². The largest absolute Gasteiger partial charge is 0.451 e.